The van der Waals surface area contributed by atoms with Crippen LogP contribution in [0.4, 0.5) is 0 Å². The second kappa shape index (κ2) is 8.08. The molecule has 1 fully saturated rings. The van der Waals surface area contributed by atoms with Gasteiger partial charge in [-0.25, -0.2) is 0 Å². The standard InChI is InChI=1S/C14H30N2/c1-4-7-13(3)16(10-5-2)12-14-8-6-9-15-11-14/h13-15H,4-12H2,1-3H3. The van der Waals surface area contributed by atoms with Gasteiger partial charge in [-0.3, -0.25) is 0 Å². The molecule has 0 aromatic carbocycles. The van der Waals surface area contributed by atoms with Gasteiger partial charge in [0.05, 0.1) is 0 Å². The molecule has 0 bridgehead atoms. The molecule has 0 spiro atoms. The lowest BCUT2D eigenvalue weighted by atomic mass is 9.98. The molecular weight excluding hydrogens is 196 g/mol. The van der Waals surface area contributed by atoms with Gasteiger partial charge in [0.15, 0.2) is 0 Å². The van der Waals surface area contributed by atoms with Crippen molar-refractivity contribution in [1.29, 1.82) is 0 Å². The second-order valence-corrected chi connectivity index (χ2v) is 5.35. The first-order valence-electron chi connectivity index (χ1n) is 7.22. The summed E-state index contributed by atoms with van der Waals surface area (Å²) in [5, 5.41) is 3.53. The average Bonchev–Trinajstić information content (AvgIpc) is 2.30. The first-order valence-corrected chi connectivity index (χ1v) is 7.22. The summed E-state index contributed by atoms with van der Waals surface area (Å²) in [6, 6.07) is 0.770. The Morgan fingerprint density at radius 2 is 2.12 bits per heavy atom. The van der Waals surface area contributed by atoms with E-state index in [4.69, 9.17) is 0 Å². The first kappa shape index (κ1) is 14.0. The van der Waals surface area contributed by atoms with Crippen molar-refractivity contribution in [3.8, 4) is 0 Å². The van der Waals surface area contributed by atoms with E-state index in [0.717, 1.165) is 12.0 Å². The van der Waals surface area contributed by atoms with Crippen molar-refractivity contribution in [2.75, 3.05) is 26.2 Å². The summed E-state index contributed by atoms with van der Waals surface area (Å²) in [7, 11) is 0. The molecule has 2 unspecified atom stereocenters. The molecule has 2 heteroatoms. The van der Waals surface area contributed by atoms with Crippen molar-refractivity contribution in [1.82, 2.24) is 10.2 Å². The SMILES string of the molecule is CCCC(C)N(CCC)CC1CCCNC1. The highest BCUT2D eigenvalue weighted by molar-refractivity contribution is 4.75. The zero-order valence-electron chi connectivity index (χ0n) is 11.5. The minimum absolute atomic E-state index is 0.770. The molecule has 1 rings (SSSR count). The largest absolute Gasteiger partial charge is 0.316 e. The van der Waals surface area contributed by atoms with Crippen LogP contribution in [0.3, 0.4) is 0 Å². The van der Waals surface area contributed by atoms with E-state index in [1.165, 1.54) is 58.3 Å². The smallest absolute Gasteiger partial charge is 0.00669 e. The van der Waals surface area contributed by atoms with Crippen molar-refractivity contribution in [3.05, 3.63) is 0 Å². The van der Waals surface area contributed by atoms with Gasteiger partial charge in [-0.2, -0.15) is 0 Å². The molecule has 2 nitrogen and oxygen atoms in total. The van der Waals surface area contributed by atoms with Crippen LogP contribution in [0.25, 0.3) is 0 Å². The summed E-state index contributed by atoms with van der Waals surface area (Å²) in [5.41, 5.74) is 0. The van der Waals surface area contributed by atoms with E-state index in [1.54, 1.807) is 0 Å². The quantitative estimate of drug-likeness (QED) is 0.718. The Morgan fingerprint density at radius 1 is 1.31 bits per heavy atom. The number of hydrogen-bond donors (Lipinski definition) is 1. The monoisotopic (exact) mass is 226 g/mol. The molecule has 0 saturated carbocycles. The molecule has 1 aliphatic rings. The fourth-order valence-corrected chi connectivity index (χ4v) is 2.79. The molecule has 96 valence electrons. The van der Waals surface area contributed by atoms with E-state index in [0.29, 0.717) is 0 Å². The summed E-state index contributed by atoms with van der Waals surface area (Å²) >= 11 is 0. The third-order valence-corrected chi connectivity index (χ3v) is 3.73. The molecule has 0 aromatic rings. The van der Waals surface area contributed by atoms with Crippen molar-refractivity contribution >= 4 is 0 Å². The van der Waals surface area contributed by atoms with Crippen molar-refractivity contribution in [3.63, 3.8) is 0 Å². The molecular formula is C14H30N2. The fourth-order valence-electron chi connectivity index (χ4n) is 2.79. The summed E-state index contributed by atoms with van der Waals surface area (Å²) < 4.78 is 0. The molecule has 0 radical (unpaired) electrons. The average molecular weight is 226 g/mol. The van der Waals surface area contributed by atoms with Gasteiger partial charge < -0.3 is 10.2 Å². The summed E-state index contributed by atoms with van der Waals surface area (Å²) in [5.74, 6) is 0.889. The normalized spacial score (nSPS) is 23.6. The van der Waals surface area contributed by atoms with Crippen LogP contribution in [0.2, 0.25) is 0 Å². The van der Waals surface area contributed by atoms with Crippen LogP contribution in [-0.4, -0.2) is 37.1 Å². The lowest BCUT2D eigenvalue weighted by Gasteiger charge is -2.34. The lowest BCUT2D eigenvalue weighted by Crippen LogP contribution is -2.42. The fraction of sp³-hybridized carbons (Fsp3) is 1.00. The van der Waals surface area contributed by atoms with Crippen LogP contribution in [0.15, 0.2) is 0 Å². The topological polar surface area (TPSA) is 15.3 Å². The van der Waals surface area contributed by atoms with Gasteiger partial charge in [0, 0.05) is 12.6 Å². The van der Waals surface area contributed by atoms with Crippen LogP contribution in [0, 0.1) is 5.92 Å². The molecule has 1 aliphatic heterocycles. The van der Waals surface area contributed by atoms with E-state index in [-0.39, 0.29) is 0 Å². The highest BCUT2D eigenvalue weighted by atomic mass is 15.2. The molecule has 16 heavy (non-hydrogen) atoms. The Labute approximate surface area is 102 Å². The Morgan fingerprint density at radius 3 is 2.69 bits per heavy atom. The summed E-state index contributed by atoms with van der Waals surface area (Å²) in [6.07, 6.45) is 6.73. The van der Waals surface area contributed by atoms with Crippen LogP contribution >= 0.6 is 0 Å². The van der Waals surface area contributed by atoms with Gasteiger partial charge in [0.25, 0.3) is 0 Å². The van der Waals surface area contributed by atoms with E-state index < -0.39 is 0 Å². The molecule has 2 atom stereocenters. The summed E-state index contributed by atoms with van der Waals surface area (Å²) in [6.45, 7) is 12.0. The van der Waals surface area contributed by atoms with Crippen molar-refractivity contribution in [2.45, 2.75) is 58.9 Å². The van der Waals surface area contributed by atoms with Crippen LogP contribution in [0.1, 0.15) is 52.9 Å². The highest BCUT2D eigenvalue weighted by Gasteiger charge is 2.19. The zero-order valence-corrected chi connectivity index (χ0v) is 11.5. The maximum absolute atomic E-state index is 3.53. The van der Waals surface area contributed by atoms with Crippen molar-refractivity contribution in [2.24, 2.45) is 5.92 Å². The van der Waals surface area contributed by atoms with Gasteiger partial charge in [-0.05, 0) is 58.2 Å². The van der Waals surface area contributed by atoms with Crippen molar-refractivity contribution < 1.29 is 0 Å². The third-order valence-electron chi connectivity index (χ3n) is 3.73. The summed E-state index contributed by atoms with van der Waals surface area (Å²) in [4.78, 5) is 2.71. The molecule has 0 aliphatic carbocycles. The Bertz CT molecular complexity index is 164. The van der Waals surface area contributed by atoms with Crippen LogP contribution in [-0.2, 0) is 0 Å². The van der Waals surface area contributed by atoms with Gasteiger partial charge >= 0.3 is 0 Å². The van der Waals surface area contributed by atoms with E-state index >= 15 is 0 Å². The van der Waals surface area contributed by atoms with Crippen LogP contribution < -0.4 is 5.32 Å². The lowest BCUT2D eigenvalue weighted by molar-refractivity contribution is 0.155. The maximum Gasteiger partial charge on any atom is 0.00669 e. The third kappa shape index (κ3) is 4.84. The number of hydrogen-bond acceptors (Lipinski definition) is 2. The number of rotatable bonds is 7. The highest BCUT2D eigenvalue weighted by Crippen LogP contribution is 2.15. The molecule has 0 amide bonds. The Hall–Kier alpha value is -0.0800. The van der Waals surface area contributed by atoms with Gasteiger partial charge in [-0.1, -0.05) is 20.3 Å². The van der Waals surface area contributed by atoms with E-state index in [9.17, 15) is 0 Å². The number of nitrogens with one attached hydrogen (secondary N) is 1. The molecule has 1 N–H and O–H groups in total. The van der Waals surface area contributed by atoms with E-state index in [1.807, 2.05) is 0 Å². The Kier molecular flexibility index (Phi) is 7.06. The van der Waals surface area contributed by atoms with Gasteiger partial charge in [0.1, 0.15) is 0 Å². The Balaban J connectivity index is 2.35. The number of piperidine rings is 1. The number of nitrogens with zero attached hydrogens (tertiary/aromatic N) is 1. The van der Waals surface area contributed by atoms with Crippen LogP contribution in [0.5, 0.6) is 0 Å². The van der Waals surface area contributed by atoms with Gasteiger partial charge in [0.2, 0.25) is 0 Å². The van der Waals surface area contributed by atoms with Gasteiger partial charge in [-0.15, -0.1) is 0 Å². The van der Waals surface area contributed by atoms with E-state index in [2.05, 4.69) is 31.0 Å². The predicted octanol–water partition coefficient (Wildman–Crippen LogP) is 2.89. The second-order valence-electron chi connectivity index (χ2n) is 5.35. The molecule has 1 heterocycles. The molecule has 1 saturated heterocycles. The molecule has 0 aromatic heterocycles. The predicted molar refractivity (Wildman–Crippen MR) is 71.8 cm³/mol. The zero-order chi connectivity index (χ0) is 11.8. The minimum Gasteiger partial charge on any atom is -0.316 e. The maximum atomic E-state index is 3.53. The minimum atomic E-state index is 0.770. The first-order chi connectivity index (χ1) is 7.77.